The number of azide groups is 1. The number of carbonyl (C=O) groups excluding carboxylic acids is 3. The number of unbranched alkanes of at least 4 members (excludes halogenated alkanes) is 3. The fourth-order valence-electron chi connectivity index (χ4n) is 9.17. The van der Waals surface area contributed by atoms with Gasteiger partial charge in [0.25, 0.3) is 11.6 Å². The zero-order valence-electron chi connectivity index (χ0n) is 40.9. The van der Waals surface area contributed by atoms with Gasteiger partial charge in [0.15, 0.2) is 12.6 Å². The van der Waals surface area contributed by atoms with Gasteiger partial charge < -0.3 is 125 Å². The third kappa shape index (κ3) is 15.5. The Morgan fingerprint density at radius 1 is 0.667 bits per heavy atom. The van der Waals surface area contributed by atoms with Crippen molar-refractivity contribution < 1.29 is 133 Å². The topological polar surface area (TPSA) is 527 Å². The van der Waals surface area contributed by atoms with Crippen LogP contribution in [0.25, 0.3) is 10.4 Å². The smallest absolute Gasteiger partial charge is 0.364 e. The van der Waals surface area contributed by atoms with Crippen LogP contribution >= 0.6 is 0 Å². The van der Waals surface area contributed by atoms with Crippen molar-refractivity contribution in [1.29, 1.82) is 0 Å². The molecule has 430 valence electrons. The number of aliphatic carboxylic acids is 2. The molecule has 4 aliphatic rings. The molecule has 4 rings (SSSR count). The Morgan fingerprint density at radius 3 is 1.71 bits per heavy atom. The summed E-state index contributed by atoms with van der Waals surface area (Å²) in [6.45, 7) is -1.27. The molecule has 0 radical (unpaired) electrons. The van der Waals surface area contributed by atoms with Gasteiger partial charge in [0.1, 0.15) is 85.4 Å². The van der Waals surface area contributed by atoms with Crippen molar-refractivity contribution >= 4 is 29.7 Å². The van der Waals surface area contributed by atoms with Crippen molar-refractivity contribution in [2.24, 2.45) is 5.11 Å². The van der Waals surface area contributed by atoms with Crippen LogP contribution in [0.3, 0.4) is 0 Å². The van der Waals surface area contributed by atoms with E-state index in [-0.39, 0.29) is 6.61 Å². The Labute approximate surface area is 426 Å². The summed E-state index contributed by atoms with van der Waals surface area (Å²) >= 11 is 0. The molecule has 0 unspecified atom stereocenters. The van der Waals surface area contributed by atoms with Crippen LogP contribution in [-0.4, -0.2) is 275 Å². The first-order valence-electron chi connectivity index (χ1n) is 23.8. The normalized spacial score (nSPS) is 37.7. The Kier molecular flexibility index (Phi) is 24.1. The van der Waals surface area contributed by atoms with Gasteiger partial charge in [-0.15, -0.1) is 0 Å². The first kappa shape index (κ1) is 63.4. The molecule has 0 aromatic heterocycles. The van der Waals surface area contributed by atoms with Crippen LogP contribution < -0.4 is 16.0 Å². The lowest BCUT2D eigenvalue weighted by molar-refractivity contribution is -0.385. The van der Waals surface area contributed by atoms with Gasteiger partial charge in [-0.3, -0.25) is 14.4 Å². The highest BCUT2D eigenvalue weighted by Crippen LogP contribution is 2.40. The number of ether oxygens (including phenoxy) is 8. The molecular weight excluding hydrogens is 1020 g/mol. The van der Waals surface area contributed by atoms with Crippen LogP contribution in [0.1, 0.15) is 59.3 Å². The predicted octanol–water partition coefficient (Wildman–Crippen LogP) is -8.01. The third-order valence-electron chi connectivity index (χ3n) is 12.9. The number of carbonyl (C=O) groups is 5. The van der Waals surface area contributed by atoms with Crippen LogP contribution in [0.4, 0.5) is 0 Å². The second-order valence-corrected chi connectivity index (χ2v) is 18.4. The number of hydrogen-bond acceptors (Lipinski definition) is 26. The Hall–Kier alpha value is -4.14. The van der Waals surface area contributed by atoms with Crippen molar-refractivity contribution in [3.63, 3.8) is 0 Å². The van der Waals surface area contributed by atoms with E-state index in [1.165, 1.54) is 0 Å². The maximum Gasteiger partial charge on any atom is 0.364 e. The molecule has 33 heteroatoms. The number of carboxylic acid groups (broad SMARTS) is 2. The van der Waals surface area contributed by atoms with Crippen LogP contribution in [0.2, 0.25) is 0 Å². The second-order valence-electron chi connectivity index (χ2n) is 18.4. The minimum Gasteiger partial charge on any atom is -0.477 e. The SMILES string of the molecule is CC(=O)N[C@H]1[C@H](OCCCCCCN=[N+]=[N-])O[C@H](CO)[C@@H](O[C@@H]2O[C@H](CO)[C@H](O)[C@H](O[C@]3(C(=O)O)C[C@H](O)[C@@H](NC(C)=O)[C@H]([C@@H](O)[C@@H](CO)O[C@]4(C(=O)O)C[C@H](O)[C@@H](NC(C)=O)[C@H]([C@H](O)[C@H](O)CO)O4)O3)[C@H]2O)[C@@H]1O. The Morgan fingerprint density at radius 2 is 1.19 bits per heavy atom. The van der Waals surface area contributed by atoms with Crippen molar-refractivity contribution in [1.82, 2.24) is 16.0 Å². The quantitative estimate of drug-likeness (QED) is 0.0157. The van der Waals surface area contributed by atoms with Crippen LogP contribution in [-0.2, 0) is 61.9 Å². The van der Waals surface area contributed by atoms with Gasteiger partial charge in [0.05, 0.1) is 50.7 Å². The fourth-order valence-corrected chi connectivity index (χ4v) is 9.17. The van der Waals surface area contributed by atoms with Gasteiger partial charge in [-0.1, -0.05) is 18.0 Å². The lowest BCUT2D eigenvalue weighted by Gasteiger charge is -2.51. The van der Waals surface area contributed by atoms with Gasteiger partial charge in [-0.05, 0) is 18.4 Å². The van der Waals surface area contributed by atoms with Crippen molar-refractivity contribution in [3.8, 4) is 0 Å². The van der Waals surface area contributed by atoms with E-state index in [1.807, 2.05) is 0 Å². The minimum atomic E-state index is -3.36. The molecule has 0 aliphatic carbocycles. The summed E-state index contributed by atoms with van der Waals surface area (Å²) in [6, 6.07) is -5.01. The number of nitrogens with one attached hydrogen (secondary N) is 3. The number of amides is 3. The number of aliphatic hydroxyl groups is 12. The third-order valence-corrected chi connectivity index (χ3v) is 12.9. The molecule has 4 heterocycles. The molecule has 0 bridgehead atoms. The average Bonchev–Trinajstić information content (AvgIpc) is 3.35. The molecule has 0 saturated carbocycles. The summed E-state index contributed by atoms with van der Waals surface area (Å²) < 4.78 is 46.0. The molecule has 3 amide bonds. The molecule has 4 fully saturated rings. The standard InChI is InChI=1S/C42H70N6O27/c1-16(53)45-25-19(56)10-41(39(64)65,73-34(25)28(59)21(58)12-49)72-23(14-51)30(61)35-26(46-17(2)54)20(57)11-42(74-35,40(66)67)75-36-29(60)22(13-50)69-38(32(36)63)71-33-24(15-52)70-37(27(31(33)62)47-18(3)55)68-9-7-5-4-6-8-44-48-43/h19-38,49-52,56-63H,4-15H2,1-3H3,(H,45,53)(H,46,54)(H,47,55)(H,64,65)(H,66,67)/t19-,20-,21+,22+,23+,24+,25+,26+,27+,28+,29-,30-,31+,32+,33+,34+,35+,36-,37+,38-,41+,42-/m0/s1. The van der Waals surface area contributed by atoms with Gasteiger partial charge >= 0.3 is 11.9 Å². The van der Waals surface area contributed by atoms with E-state index in [0.29, 0.717) is 32.2 Å². The molecule has 4 saturated heterocycles. The monoisotopic (exact) mass is 1090 g/mol. The fraction of sp³-hybridized carbons (Fsp3) is 0.881. The first-order valence-corrected chi connectivity index (χ1v) is 23.8. The highest BCUT2D eigenvalue weighted by atomic mass is 16.8. The molecule has 0 spiro atoms. The molecule has 75 heavy (non-hydrogen) atoms. The maximum atomic E-state index is 13.4. The summed E-state index contributed by atoms with van der Waals surface area (Å²) in [5, 5.41) is 163. The van der Waals surface area contributed by atoms with E-state index in [0.717, 1.165) is 20.8 Å². The molecule has 4 aliphatic heterocycles. The summed E-state index contributed by atoms with van der Waals surface area (Å²) in [4.78, 5) is 65.8. The van der Waals surface area contributed by atoms with Crippen LogP contribution in [0.5, 0.6) is 0 Å². The lowest BCUT2D eigenvalue weighted by atomic mass is 9.87. The van der Waals surface area contributed by atoms with Gasteiger partial charge in [0.2, 0.25) is 17.7 Å². The van der Waals surface area contributed by atoms with Crippen LogP contribution in [0.15, 0.2) is 5.11 Å². The molecule has 17 N–H and O–H groups in total. The summed E-state index contributed by atoms with van der Waals surface area (Å²) in [7, 11) is 0. The number of carboxylic acids is 2. The molecule has 22 atom stereocenters. The number of aliphatic hydroxyl groups excluding tert-OH is 12. The van der Waals surface area contributed by atoms with E-state index in [4.69, 9.17) is 43.4 Å². The second kappa shape index (κ2) is 28.5. The highest BCUT2D eigenvalue weighted by Gasteiger charge is 2.62. The van der Waals surface area contributed by atoms with Gasteiger partial charge in [-0.2, -0.15) is 0 Å². The Bertz CT molecular complexity index is 1940. The number of hydrogen-bond donors (Lipinski definition) is 17. The van der Waals surface area contributed by atoms with E-state index < -0.39 is 203 Å². The van der Waals surface area contributed by atoms with Crippen molar-refractivity contribution in [2.75, 3.05) is 39.6 Å². The zero-order valence-corrected chi connectivity index (χ0v) is 40.9. The van der Waals surface area contributed by atoms with Crippen molar-refractivity contribution in [3.05, 3.63) is 10.4 Å². The average molecular weight is 1090 g/mol. The highest BCUT2D eigenvalue weighted by molar-refractivity contribution is 5.77. The molecule has 0 aromatic carbocycles. The van der Waals surface area contributed by atoms with E-state index >= 15 is 0 Å². The zero-order chi connectivity index (χ0) is 56.1. The van der Waals surface area contributed by atoms with Crippen LogP contribution in [0, 0.1) is 0 Å². The Balaban J connectivity index is 1.66. The summed E-state index contributed by atoms with van der Waals surface area (Å²) in [6.07, 6.45) is -35.5. The first-order chi connectivity index (χ1) is 35.3. The number of nitrogens with zero attached hydrogens (tertiary/aromatic N) is 3. The summed E-state index contributed by atoms with van der Waals surface area (Å²) in [5.74, 6) is -13.4. The largest absolute Gasteiger partial charge is 0.477 e. The minimum absolute atomic E-state index is 0.0316. The molecular formula is C42H70N6O27. The van der Waals surface area contributed by atoms with Crippen molar-refractivity contribution in [2.45, 2.75) is 193 Å². The lowest BCUT2D eigenvalue weighted by Crippen LogP contribution is -2.72. The number of rotatable bonds is 27. The van der Waals surface area contributed by atoms with Gasteiger partial charge in [0, 0.05) is 51.7 Å². The maximum absolute atomic E-state index is 13.4. The van der Waals surface area contributed by atoms with E-state index in [2.05, 4.69) is 26.0 Å². The van der Waals surface area contributed by atoms with E-state index in [9.17, 15) is 95.5 Å². The van der Waals surface area contributed by atoms with Gasteiger partial charge in [-0.25, -0.2) is 9.59 Å². The predicted molar refractivity (Wildman–Crippen MR) is 239 cm³/mol. The molecule has 0 aromatic rings. The summed E-state index contributed by atoms with van der Waals surface area (Å²) in [5.41, 5.74) is 8.45. The molecule has 33 nitrogen and oxygen atoms in total. The van der Waals surface area contributed by atoms with E-state index in [1.54, 1.807) is 0 Å².